The molecule has 9 heteroatoms. The molecule has 0 fully saturated rings. The molecule has 27 heavy (non-hydrogen) atoms. The van der Waals surface area contributed by atoms with Crippen LogP contribution >= 0.6 is 0 Å². The van der Waals surface area contributed by atoms with Gasteiger partial charge >= 0.3 is 6.09 Å². The lowest BCUT2D eigenvalue weighted by Crippen LogP contribution is -2.14. The quantitative estimate of drug-likeness (QED) is 0.370. The first-order valence-electron chi connectivity index (χ1n) is 8.21. The smallest absolute Gasteiger partial charge is 0.411 e. The number of rotatable bonds is 8. The fraction of sp³-hybridized carbons (Fsp3) is 0.222. The number of non-ortho nitro benzene ring substituents is 1. The van der Waals surface area contributed by atoms with E-state index in [1.165, 1.54) is 19.2 Å². The van der Waals surface area contributed by atoms with Crippen molar-refractivity contribution in [2.45, 2.75) is 12.8 Å². The summed E-state index contributed by atoms with van der Waals surface area (Å²) in [6, 6.07) is 12.8. The summed E-state index contributed by atoms with van der Waals surface area (Å²) < 4.78 is 4.50. The monoisotopic (exact) mass is 372 g/mol. The molecule has 0 unspecified atom stereocenters. The molecule has 0 aromatic heterocycles. The zero-order valence-corrected chi connectivity index (χ0v) is 14.7. The molecule has 2 amide bonds. The lowest BCUT2D eigenvalue weighted by Gasteiger charge is -2.08. The number of nitrogens with zero attached hydrogens (tertiary/aromatic N) is 1. The van der Waals surface area contributed by atoms with Crippen molar-refractivity contribution in [2.24, 2.45) is 0 Å². The van der Waals surface area contributed by atoms with E-state index in [-0.39, 0.29) is 11.6 Å². The molecule has 0 bridgehead atoms. The van der Waals surface area contributed by atoms with E-state index in [2.05, 4.69) is 20.7 Å². The predicted octanol–water partition coefficient (Wildman–Crippen LogP) is 3.60. The minimum atomic E-state index is -0.563. The van der Waals surface area contributed by atoms with Crippen molar-refractivity contribution in [3.8, 4) is 0 Å². The third kappa shape index (κ3) is 6.65. The van der Waals surface area contributed by atoms with Crippen molar-refractivity contribution in [3.05, 3.63) is 58.6 Å². The van der Waals surface area contributed by atoms with Crippen LogP contribution in [0.2, 0.25) is 0 Å². The van der Waals surface area contributed by atoms with E-state index >= 15 is 0 Å². The molecule has 0 spiro atoms. The highest BCUT2D eigenvalue weighted by atomic mass is 16.6. The summed E-state index contributed by atoms with van der Waals surface area (Å²) in [5, 5.41) is 19.0. The van der Waals surface area contributed by atoms with Crippen LogP contribution in [0.15, 0.2) is 48.5 Å². The maximum Gasteiger partial charge on any atom is 0.411 e. The Kier molecular flexibility index (Phi) is 7.12. The Morgan fingerprint density at radius 2 is 1.52 bits per heavy atom. The van der Waals surface area contributed by atoms with E-state index in [4.69, 9.17) is 0 Å². The summed E-state index contributed by atoms with van der Waals surface area (Å²) in [4.78, 5) is 33.2. The Bertz CT molecular complexity index is 790. The van der Waals surface area contributed by atoms with Gasteiger partial charge < -0.3 is 15.4 Å². The van der Waals surface area contributed by atoms with E-state index in [1.54, 1.807) is 36.4 Å². The fourth-order valence-corrected chi connectivity index (χ4v) is 2.21. The molecular weight excluding hydrogens is 352 g/mol. The third-order valence-electron chi connectivity index (χ3n) is 3.59. The average molecular weight is 372 g/mol. The van der Waals surface area contributed by atoms with Gasteiger partial charge in [-0.2, -0.15) is 0 Å². The molecule has 0 saturated heterocycles. The van der Waals surface area contributed by atoms with Gasteiger partial charge in [-0.05, 0) is 42.8 Å². The lowest BCUT2D eigenvalue weighted by molar-refractivity contribution is -0.384. The molecule has 0 atom stereocenters. The number of nitro groups is 1. The highest BCUT2D eigenvalue weighted by Gasteiger charge is 2.05. The second-order valence-electron chi connectivity index (χ2n) is 5.58. The van der Waals surface area contributed by atoms with Crippen LogP contribution in [-0.4, -0.2) is 30.6 Å². The van der Waals surface area contributed by atoms with Crippen LogP contribution in [0, 0.1) is 10.1 Å². The Morgan fingerprint density at radius 3 is 2.07 bits per heavy atom. The SMILES string of the molecule is COC(=O)Nc1ccc(NC(=O)CCCNc2ccc([N+](=O)[O-])cc2)cc1. The molecule has 0 radical (unpaired) electrons. The highest BCUT2D eigenvalue weighted by Crippen LogP contribution is 2.16. The van der Waals surface area contributed by atoms with Crippen molar-refractivity contribution in [1.82, 2.24) is 0 Å². The first kappa shape index (κ1) is 19.7. The lowest BCUT2D eigenvalue weighted by atomic mass is 10.2. The zero-order valence-electron chi connectivity index (χ0n) is 14.7. The minimum Gasteiger partial charge on any atom is -0.453 e. The highest BCUT2D eigenvalue weighted by molar-refractivity contribution is 5.91. The number of amides is 2. The van der Waals surface area contributed by atoms with Crippen molar-refractivity contribution >= 4 is 34.7 Å². The minimum absolute atomic E-state index is 0.0349. The fourth-order valence-electron chi connectivity index (χ4n) is 2.21. The van der Waals surface area contributed by atoms with Gasteiger partial charge in [0, 0.05) is 42.2 Å². The normalized spacial score (nSPS) is 9.96. The van der Waals surface area contributed by atoms with Crippen LogP contribution in [0.25, 0.3) is 0 Å². The van der Waals surface area contributed by atoms with Crippen LogP contribution in [0.4, 0.5) is 27.5 Å². The van der Waals surface area contributed by atoms with Crippen molar-refractivity contribution in [3.63, 3.8) is 0 Å². The summed E-state index contributed by atoms with van der Waals surface area (Å²) in [5.74, 6) is -0.130. The van der Waals surface area contributed by atoms with Gasteiger partial charge in [-0.15, -0.1) is 0 Å². The topological polar surface area (TPSA) is 123 Å². The molecule has 3 N–H and O–H groups in total. The molecule has 2 rings (SSSR count). The molecule has 2 aromatic carbocycles. The van der Waals surface area contributed by atoms with E-state index in [9.17, 15) is 19.7 Å². The Balaban J connectivity index is 1.70. The van der Waals surface area contributed by atoms with Crippen molar-refractivity contribution in [1.29, 1.82) is 0 Å². The first-order valence-corrected chi connectivity index (χ1v) is 8.21. The zero-order chi connectivity index (χ0) is 19.6. The van der Waals surface area contributed by atoms with Crippen molar-refractivity contribution < 1.29 is 19.2 Å². The summed E-state index contributed by atoms with van der Waals surface area (Å²) in [5.41, 5.74) is 1.98. The summed E-state index contributed by atoms with van der Waals surface area (Å²) >= 11 is 0. The predicted molar refractivity (Wildman–Crippen MR) is 102 cm³/mol. The summed E-state index contributed by atoms with van der Waals surface area (Å²) in [6.07, 6.45) is 0.361. The van der Waals surface area contributed by atoms with Crippen molar-refractivity contribution in [2.75, 3.05) is 29.6 Å². The number of ether oxygens (including phenoxy) is 1. The molecule has 0 heterocycles. The van der Waals surface area contributed by atoms with Gasteiger partial charge in [0.25, 0.3) is 5.69 Å². The number of nitrogens with one attached hydrogen (secondary N) is 3. The summed E-state index contributed by atoms with van der Waals surface area (Å²) in [7, 11) is 1.28. The van der Waals surface area contributed by atoms with Crippen LogP contribution in [0.3, 0.4) is 0 Å². The number of anilines is 3. The molecule has 9 nitrogen and oxygen atoms in total. The average Bonchev–Trinajstić information content (AvgIpc) is 2.67. The Morgan fingerprint density at radius 1 is 0.963 bits per heavy atom. The molecule has 0 aliphatic carbocycles. The van der Waals surface area contributed by atoms with E-state index in [1.807, 2.05) is 0 Å². The van der Waals surface area contributed by atoms with Gasteiger partial charge in [0.05, 0.1) is 12.0 Å². The van der Waals surface area contributed by atoms with Crippen LogP contribution < -0.4 is 16.0 Å². The molecule has 0 aliphatic rings. The van der Waals surface area contributed by atoms with E-state index < -0.39 is 11.0 Å². The number of hydrogen-bond donors (Lipinski definition) is 3. The molecule has 0 aliphatic heterocycles. The Hall–Kier alpha value is -3.62. The second kappa shape index (κ2) is 9.76. The van der Waals surface area contributed by atoms with E-state index in [0.29, 0.717) is 30.8 Å². The maximum atomic E-state index is 11.9. The third-order valence-corrected chi connectivity index (χ3v) is 3.59. The van der Waals surface area contributed by atoms with Gasteiger partial charge in [-0.1, -0.05) is 0 Å². The molecule has 2 aromatic rings. The van der Waals surface area contributed by atoms with Crippen LogP contribution in [-0.2, 0) is 9.53 Å². The molecule has 142 valence electrons. The number of methoxy groups -OCH3 is 1. The van der Waals surface area contributed by atoms with Gasteiger partial charge in [0.1, 0.15) is 0 Å². The number of benzene rings is 2. The standard InChI is InChI=1S/C18H20N4O5/c1-27-18(24)21-15-6-4-14(5-7-15)20-17(23)3-2-12-19-13-8-10-16(11-9-13)22(25)26/h4-11,19H,2-3,12H2,1H3,(H,20,23)(H,21,24). The van der Waals surface area contributed by atoms with Gasteiger partial charge in [-0.25, -0.2) is 4.79 Å². The number of nitro benzene ring substituents is 1. The molecular formula is C18H20N4O5. The van der Waals surface area contributed by atoms with Gasteiger partial charge in [0.2, 0.25) is 5.91 Å². The number of carbonyl (C=O) groups is 2. The number of carbonyl (C=O) groups excluding carboxylic acids is 2. The van der Waals surface area contributed by atoms with Crippen LogP contribution in [0.5, 0.6) is 0 Å². The van der Waals surface area contributed by atoms with Gasteiger partial charge in [-0.3, -0.25) is 20.2 Å². The number of hydrogen-bond acceptors (Lipinski definition) is 6. The molecule has 0 saturated carbocycles. The van der Waals surface area contributed by atoms with E-state index in [0.717, 1.165) is 5.69 Å². The van der Waals surface area contributed by atoms with Crippen LogP contribution in [0.1, 0.15) is 12.8 Å². The summed E-state index contributed by atoms with van der Waals surface area (Å²) in [6.45, 7) is 0.563. The maximum absolute atomic E-state index is 11.9. The largest absolute Gasteiger partial charge is 0.453 e. The Labute approximate surface area is 155 Å². The second-order valence-corrected chi connectivity index (χ2v) is 5.58. The first-order chi connectivity index (χ1) is 13.0. The van der Waals surface area contributed by atoms with Gasteiger partial charge in [0.15, 0.2) is 0 Å².